The molecule has 0 aliphatic rings. The van der Waals surface area contributed by atoms with Crippen molar-refractivity contribution in [1.82, 2.24) is 24.7 Å². The van der Waals surface area contributed by atoms with Crippen LogP contribution in [0.25, 0.3) is 5.82 Å². The van der Waals surface area contributed by atoms with E-state index in [4.69, 9.17) is 0 Å². The largest absolute Gasteiger partial charge is 0.258 e. The smallest absolute Gasteiger partial charge is 0.189 e. The first kappa shape index (κ1) is 14.3. The molecule has 0 aromatic carbocycles. The van der Waals surface area contributed by atoms with Crippen molar-refractivity contribution in [3.05, 3.63) is 65.9 Å². The number of halogens is 1. The molecule has 0 saturated heterocycles. The van der Waals surface area contributed by atoms with Crippen molar-refractivity contribution in [3.8, 4) is 5.82 Å². The summed E-state index contributed by atoms with van der Waals surface area (Å²) in [5.74, 6) is -0.205. The monoisotopic (exact) mass is 297 g/mol. The van der Waals surface area contributed by atoms with Gasteiger partial charge >= 0.3 is 0 Å². The quantitative estimate of drug-likeness (QED) is 0.726. The van der Waals surface area contributed by atoms with Gasteiger partial charge < -0.3 is 0 Å². The van der Waals surface area contributed by atoms with Gasteiger partial charge in [0.25, 0.3) is 0 Å². The number of aryl methyl sites for hydroxylation is 1. The molecule has 0 aliphatic carbocycles. The summed E-state index contributed by atoms with van der Waals surface area (Å²) >= 11 is 0. The van der Waals surface area contributed by atoms with Crippen molar-refractivity contribution < 1.29 is 4.39 Å². The fourth-order valence-electron chi connectivity index (χ4n) is 2.35. The maximum atomic E-state index is 13.9. The van der Waals surface area contributed by atoms with Crippen LogP contribution < -0.4 is 0 Å². The number of pyridine rings is 1. The van der Waals surface area contributed by atoms with Crippen LogP contribution in [0.4, 0.5) is 4.39 Å². The van der Waals surface area contributed by atoms with Crippen molar-refractivity contribution in [1.29, 1.82) is 0 Å². The van der Waals surface area contributed by atoms with Gasteiger partial charge in [-0.25, -0.2) is 14.1 Å². The first-order chi connectivity index (χ1) is 10.8. The maximum Gasteiger partial charge on any atom is 0.189 e. The summed E-state index contributed by atoms with van der Waals surface area (Å²) in [5, 5.41) is 4.19. The Morgan fingerprint density at radius 3 is 2.59 bits per heavy atom. The molecule has 0 fully saturated rings. The summed E-state index contributed by atoms with van der Waals surface area (Å²) in [4.78, 5) is 12.9. The summed E-state index contributed by atoms with van der Waals surface area (Å²) in [6.07, 6.45) is 8.98. The Balaban J connectivity index is 1.96. The van der Waals surface area contributed by atoms with Gasteiger partial charge in [-0.2, -0.15) is 5.10 Å². The molecule has 0 amide bonds. The summed E-state index contributed by atoms with van der Waals surface area (Å²) in [6.45, 7) is 2.10. The van der Waals surface area contributed by atoms with E-state index in [1.165, 1.54) is 10.7 Å². The van der Waals surface area contributed by atoms with Crippen LogP contribution in [-0.4, -0.2) is 24.7 Å². The number of aromatic nitrogens is 5. The topological polar surface area (TPSA) is 56.5 Å². The van der Waals surface area contributed by atoms with Gasteiger partial charge in [-0.1, -0.05) is 13.3 Å². The molecule has 0 saturated carbocycles. The van der Waals surface area contributed by atoms with Gasteiger partial charge in [0.05, 0.1) is 17.1 Å². The van der Waals surface area contributed by atoms with Crippen LogP contribution in [0, 0.1) is 5.82 Å². The summed E-state index contributed by atoms with van der Waals surface area (Å²) in [7, 11) is 0. The summed E-state index contributed by atoms with van der Waals surface area (Å²) in [6, 6.07) is 4.78. The molecule has 3 heterocycles. The SMILES string of the molecule is CCCc1nccnc1Cc1ccnn1-c1ncccc1F. The second kappa shape index (κ2) is 6.43. The average Bonchev–Trinajstić information content (AvgIpc) is 2.98. The molecule has 3 rings (SSSR count). The molecule has 3 aromatic heterocycles. The maximum absolute atomic E-state index is 13.9. The summed E-state index contributed by atoms with van der Waals surface area (Å²) < 4.78 is 15.4. The van der Waals surface area contributed by atoms with E-state index in [1.807, 2.05) is 6.07 Å². The Morgan fingerprint density at radius 2 is 1.82 bits per heavy atom. The second-order valence-electron chi connectivity index (χ2n) is 4.92. The Labute approximate surface area is 127 Å². The van der Waals surface area contributed by atoms with Gasteiger partial charge in [0, 0.05) is 31.2 Å². The fourth-order valence-corrected chi connectivity index (χ4v) is 2.35. The second-order valence-corrected chi connectivity index (χ2v) is 4.92. The van der Waals surface area contributed by atoms with Crippen LogP contribution >= 0.6 is 0 Å². The minimum atomic E-state index is -0.402. The molecule has 0 bridgehead atoms. The molecule has 112 valence electrons. The Morgan fingerprint density at radius 1 is 1.00 bits per heavy atom. The minimum absolute atomic E-state index is 0.198. The van der Waals surface area contributed by atoms with Crippen LogP contribution in [0.5, 0.6) is 0 Å². The molecule has 0 aliphatic heterocycles. The minimum Gasteiger partial charge on any atom is -0.258 e. The van der Waals surface area contributed by atoms with Crippen LogP contribution in [0.3, 0.4) is 0 Å². The van der Waals surface area contributed by atoms with E-state index in [0.717, 1.165) is 29.9 Å². The summed E-state index contributed by atoms with van der Waals surface area (Å²) in [5.41, 5.74) is 2.69. The van der Waals surface area contributed by atoms with Gasteiger partial charge in [-0.15, -0.1) is 0 Å². The Hall–Kier alpha value is -2.63. The third-order valence-corrected chi connectivity index (χ3v) is 3.36. The lowest BCUT2D eigenvalue weighted by molar-refractivity contribution is 0.596. The van der Waals surface area contributed by atoms with E-state index in [0.29, 0.717) is 6.42 Å². The zero-order chi connectivity index (χ0) is 15.4. The van der Waals surface area contributed by atoms with Crippen molar-refractivity contribution >= 4 is 0 Å². The number of rotatable bonds is 5. The molecule has 0 N–H and O–H groups in total. The standard InChI is InChI=1S/C16H16FN5/c1-2-4-14-15(19-10-9-18-14)11-12-6-8-21-22(12)16-13(17)5-3-7-20-16/h3,5-10H,2,4,11H2,1H3. The molecule has 6 heteroatoms. The van der Waals surface area contributed by atoms with Gasteiger partial charge in [0.15, 0.2) is 11.6 Å². The van der Waals surface area contributed by atoms with E-state index in [2.05, 4.69) is 27.0 Å². The predicted molar refractivity (Wildman–Crippen MR) is 80.2 cm³/mol. The highest BCUT2D eigenvalue weighted by Gasteiger charge is 2.13. The zero-order valence-corrected chi connectivity index (χ0v) is 12.3. The van der Waals surface area contributed by atoms with Gasteiger partial charge in [-0.05, 0) is 24.6 Å². The molecule has 0 unspecified atom stereocenters. The third-order valence-electron chi connectivity index (χ3n) is 3.36. The molecule has 22 heavy (non-hydrogen) atoms. The number of hydrogen-bond acceptors (Lipinski definition) is 4. The normalized spacial score (nSPS) is 10.8. The zero-order valence-electron chi connectivity index (χ0n) is 12.3. The van der Waals surface area contributed by atoms with E-state index in [9.17, 15) is 4.39 Å². The highest BCUT2D eigenvalue weighted by molar-refractivity contribution is 5.28. The van der Waals surface area contributed by atoms with Crippen LogP contribution in [-0.2, 0) is 12.8 Å². The van der Waals surface area contributed by atoms with Gasteiger partial charge in [0.2, 0.25) is 0 Å². The van der Waals surface area contributed by atoms with Crippen LogP contribution in [0.2, 0.25) is 0 Å². The molecule has 0 radical (unpaired) electrons. The molecule has 3 aromatic rings. The highest BCUT2D eigenvalue weighted by atomic mass is 19.1. The van der Waals surface area contributed by atoms with E-state index in [-0.39, 0.29) is 5.82 Å². The van der Waals surface area contributed by atoms with Crippen molar-refractivity contribution in [2.24, 2.45) is 0 Å². The molecule has 5 nitrogen and oxygen atoms in total. The van der Waals surface area contributed by atoms with E-state index < -0.39 is 5.82 Å². The molecular formula is C16H16FN5. The van der Waals surface area contributed by atoms with E-state index in [1.54, 1.807) is 30.9 Å². The average molecular weight is 297 g/mol. The van der Waals surface area contributed by atoms with Gasteiger partial charge in [0.1, 0.15) is 0 Å². The first-order valence-electron chi connectivity index (χ1n) is 7.22. The molecule has 0 atom stereocenters. The van der Waals surface area contributed by atoms with Crippen LogP contribution in [0.15, 0.2) is 43.0 Å². The lowest BCUT2D eigenvalue weighted by atomic mass is 10.1. The Kier molecular flexibility index (Phi) is 4.18. The number of nitrogens with zero attached hydrogens (tertiary/aromatic N) is 5. The van der Waals surface area contributed by atoms with Crippen molar-refractivity contribution in [2.75, 3.05) is 0 Å². The van der Waals surface area contributed by atoms with Crippen molar-refractivity contribution in [3.63, 3.8) is 0 Å². The highest BCUT2D eigenvalue weighted by Crippen LogP contribution is 2.16. The molecular weight excluding hydrogens is 281 g/mol. The molecule has 0 spiro atoms. The third kappa shape index (κ3) is 2.86. The van der Waals surface area contributed by atoms with Gasteiger partial charge in [-0.3, -0.25) is 9.97 Å². The Bertz CT molecular complexity index is 768. The predicted octanol–water partition coefficient (Wildman–Crippen LogP) is 2.74. The lowest BCUT2D eigenvalue weighted by Crippen LogP contribution is -2.09. The number of hydrogen-bond donors (Lipinski definition) is 0. The van der Waals surface area contributed by atoms with Crippen LogP contribution in [0.1, 0.15) is 30.4 Å². The van der Waals surface area contributed by atoms with Crippen molar-refractivity contribution in [2.45, 2.75) is 26.2 Å². The fraction of sp³-hybridized carbons (Fsp3) is 0.250. The lowest BCUT2D eigenvalue weighted by Gasteiger charge is -2.09. The van der Waals surface area contributed by atoms with E-state index >= 15 is 0 Å². The first-order valence-corrected chi connectivity index (χ1v) is 7.22.